The molecule has 3 heterocycles. The highest BCUT2D eigenvalue weighted by molar-refractivity contribution is 5.84. The van der Waals surface area contributed by atoms with Gasteiger partial charge in [-0.1, -0.05) is 43.2 Å². The van der Waals surface area contributed by atoms with Gasteiger partial charge in [-0.05, 0) is 81.2 Å². The molecule has 226 valence electrons. The molecule has 0 unspecified atom stereocenters. The first-order valence-electron chi connectivity index (χ1n) is 16.2. The van der Waals surface area contributed by atoms with Crippen molar-refractivity contribution in [2.45, 2.75) is 94.9 Å². The van der Waals surface area contributed by atoms with Gasteiger partial charge < -0.3 is 25.7 Å². The lowest BCUT2D eigenvalue weighted by Crippen LogP contribution is -2.39. The van der Waals surface area contributed by atoms with E-state index >= 15 is 0 Å². The van der Waals surface area contributed by atoms with Crippen molar-refractivity contribution < 1.29 is 4.74 Å². The van der Waals surface area contributed by atoms with Gasteiger partial charge in [0.1, 0.15) is 11.5 Å². The second kappa shape index (κ2) is 12.9. The van der Waals surface area contributed by atoms with E-state index in [0.717, 1.165) is 86.6 Å². The topological polar surface area (TPSA) is 106 Å². The van der Waals surface area contributed by atoms with Crippen LogP contribution >= 0.6 is 0 Å². The summed E-state index contributed by atoms with van der Waals surface area (Å²) >= 11 is 0. The molecule has 9 heteroatoms. The van der Waals surface area contributed by atoms with E-state index in [-0.39, 0.29) is 0 Å². The Balaban J connectivity index is 1.02. The van der Waals surface area contributed by atoms with Crippen LogP contribution in [0.25, 0.3) is 11.2 Å². The first-order valence-corrected chi connectivity index (χ1v) is 16.2. The normalized spacial score (nSPS) is 22.2. The summed E-state index contributed by atoms with van der Waals surface area (Å²) in [6.07, 6.45) is 13.3. The van der Waals surface area contributed by atoms with Gasteiger partial charge in [0.2, 0.25) is 5.95 Å². The lowest BCUT2D eigenvalue weighted by molar-refractivity contribution is 0.211. The van der Waals surface area contributed by atoms with Crippen molar-refractivity contribution in [2.24, 2.45) is 5.73 Å². The van der Waals surface area contributed by atoms with E-state index < -0.39 is 0 Å². The number of para-hydroxylation sites is 1. The third-order valence-electron chi connectivity index (χ3n) is 9.46. The summed E-state index contributed by atoms with van der Waals surface area (Å²) in [5.74, 6) is 3.32. The van der Waals surface area contributed by atoms with E-state index in [0.29, 0.717) is 30.1 Å². The highest BCUT2D eigenvalue weighted by atomic mass is 16.5. The van der Waals surface area contributed by atoms with E-state index in [2.05, 4.69) is 38.3 Å². The SMILES string of the molecule is NC1CCC(Nc2nc(NC3CCN(Cc4cccc(Oc5ccccc5)c4)CC3)c3ncn(C4CCCC4)c3n2)CC1. The molecule has 4 N–H and O–H groups in total. The van der Waals surface area contributed by atoms with Crippen LogP contribution in [0.5, 0.6) is 11.5 Å². The average molecular weight is 581 g/mol. The van der Waals surface area contributed by atoms with Crippen molar-refractivity contribution in [3.05, 3.63) is 66.5 Å². The lowest BCUT2D eigenvalue weighted by atomic mass is 9.92. The number of nitrogens with one attached hydrogen (secondary N) is 2. The second-order valence-electron chi connectivity index (χ2n) is 12.7. The zero-order chi connectivity index (χ0) is 29.0. The largest absolute Gasteiger partial charge is 0.457 e. The van der Waals surface area contributed by atoms with Gasteiger partial charge in [0.05, 0.1) is 6.33 Å². The minimum absolute atomic E-state index is 0.319. The Labute approximate surface area is 254 Å². The van der Waals surface area contributed by atoms with Gasteiger partial charge in [-0.25, -0.2) is 4.98 Å². The molecular formula is C34H44N8O. The molecule has 3 fully saturated rings. The molecule has 4 aromatic rings. The van der Waals surface area contributed by atoms with Gasteiger partial charge >= 0.3 is 0 Å². The maximum Gasteiger partial charge on any atom is 0.227 e. The van der Waals surface area contributed by atoms with Gasteiger partial charge in [0, 0.05) is 43.8 Å². The predicted molar refractivity (Wildman–Crippen MR) is 172 cm³/mol. The molecule has 0 spiro atoms. The molecule has 2 aromatic heterocycles. The number of piperidine rings is 1. The van der Waals surface area contributed by atoms with Gasteiger partial charge in [-0.15, -0.1) is 0 Å². The molecule has 0 atom stereocenters. The number of fused-ring (bicyclic) bond motifs is 1. The summed E-state index contributed by atoms with van der Waals surface area (Å²) in [6, 6.07) is 19.9. The fraction of sp³-hybridized carbons (Fsp3) is 0.500. The number of hydrogen-bond donors (Lipinski definition) is 3. The van der Waals surface area contributed by atoms with Crippen molar-refractivity contribution in [1.82, 2.24) is 24.4 Å². The number of rotatable bonds is 9. The van der Waals surface area contributed by atoms with Crippen LogP contribution in [0.3, 0.4) is 0 Å². The third-order valence-corrected chi connectivity index (χ3v) is 9.46. The summed E-state index contributed by atoms with van der Waals surface area (Å²) in [6.45, 7) is 2.97. The van der Waals surface area contributed by atoms with Gasteiger partial charge in [0.25, 0.3) is 0 Å². The van der Waals surface area contributed by atoms with Crippen molar-refractivity contribution in [1.29, 1.82) is 0 Å². The summed E-state index contributed by atoms with van der Waals surface area (Å²) in [7, 11) is 0. The standard InChI is InChI=1S/C34H44N8O/c35-25-13-15-26(16-14-25)38-34-39-32(31-33(40-34)42(23-36-31)28-8-4-5-9-28)37-27-17-19-41(20-18-27)22-24-7-6-12-30(21-24)43-29-10-2-1-3-11-29/h1-3,6-7,10-12,21,23,25-28H,4-5,8-9,13-20,22,35H2,(H2,37,38,39,40). The summed E-state index contributed by atoms with van der Waals surface area (Å²) in [4.78, 5) is 17.4. The molecule has 9 nitrogen and oxygen atoms in total. The second-order valence-corrected chi connectivity index (χ2v) is 12.7. The zero-order valence-corrected chi connectivity index (χ0v) is 25.0. The van der Waals surface area contributed by atoms with Crippen LogP contribution < -0.4 is 21.1 Å². The molecule has 7 rings (SSSR count). The summed E-state index contributed by atoms with van der Waals surface area (Å²) in [5, 5.41) is 7.46. The molecule has 1 aliphatic heterocycles. The molecule has 2 aliphatic carbocycles. The Hall–Kier alpha value is -3.69. The average Bonchev–Trinajstić information content (AvgIpc) is 3.71. The van der Waals surface area contributed by atoms with Crippen LogP contribution in [-0.4, -0.2) is 55.6 Å². The fourth-order valence-corrected chi connectivity index (χ4v) is 7.00. The van der Waals surface area contributed by atoms with Crippen molar-refractivity contribution in [3.8, 4) is 11.5 Å². The third kappa shape index (κ3) is 6.78. The zero-order valence-electron chi connectivity index (χ0n) is 25.0. The fourth-order valence-electron chi connectivity index (χ4n) is 7.00. The molecule has 3 aliphatic rings. The molecule has 0 bridgehead atoms. The molecule has 0 radical (unpaired) electrons. The van der Waals surface area contributed by atoms with Gasteiger partial charge in [-0.2, -0.15) is 9.97 Å². The monoisotopic (exact) mass is 580 g/mol. The molecule has 2 saturated carbocycles. The lowest BCUT2D eigenvalue weighted by Gasteiger charge is -2.33. The van der Waals surface area contributed by atoms with Crippen molar-refractivity contribution >= 4 is 22.9 Å². The smallest absolute Gasteiger partial charge is 0.227 e. The van der Waals surface area contributed by atoms with Crippen molar-refractivity contribution in [3.63, 3.8) is 0 Å². The number of nitrogens with two attached hydrogens (primary N) is 1. The number of nitrogens with zero attached hydrogens (tertiary/aromatic N) is 5. The van der Waals surface area contributed by atoms with E-state index in [4.69, 9.17) is 25.4 Å². The first-order chi connectivity index (χ1) is 21.2. The van der Waals surface area contributed by atoms with E-state index in [1.165, 1.54) is 31.2 Å². The number of ether oxygens (including phenoxy) is 1. The van der Waals surface area contributed by atoms with Crippen molar-refractivity contribution in [2.75, 3.05) is 23.7 Å². The Morgan fingerprint density at radius 2 is 1.53 bits per heavy atom. The minimum Gasteiger partial charge on any atom is -0.457 e. The molecular weight excluding hydrogens is 536 g/mol. The van der Waals surface area contributed by atoms with E-state index in [1.54, 1.807) is 0 Å². The van der Waals surface area contributed by atoms with Crippen LogP contribution in [0, 0.1) is 0 Å². The Morgan fingerprint density at radius 1 is 0.791 bits per heavy atom. The quantitative estimate of drug-likeness (QED) is 0.206. The Bertz CT molecular complexity index is 1490. The van der Waals surface area contributed by atoms with Crippen LogP contribution in [-0.2, 0) is 6.54 Å². The van der Waals surface area contributed by atoms with Crippen LogP contribution in [0.4, 0.5) is 11.8 Å². The van der Waals surface area contributed by atoms with Crippen LogP contribution in [0.2, 0.25) is 0 Å². The summed E-state index contributed by atoms with van der Waals surface area (Å²) < 4.78 is 8.37. The van der Waals surface area contributed by atoms with Crippen LogP contribution in [0.1, 0.15) is 75.8 Å². The number of imidazole rings is 1. The molecule has 1 saturated heterocycles. The molecule has 0 amide bonds. The molecule has 2 aromatic carbocycles. The maximum atomic E-state index is 6.17. The Kier molecular flexibility index (Phi) is 8.43. The van der Waals surface area contributed by atoms with E-state index in [9.17, 15) is 0 Å². The van der Waals surface area contributed by atoms with Crippen LogP contribution in [0.15, 0.2) is 60.9 Å². The van der Waals surface area contributed by atoms with Gasteiger partial charge in [0.15, 0.2) is 17.0 Å². The highest BCUT2D eigenvalue weighted by Gasteiger charge is 2.26. The first kappa shape index (κ1) is 28.1. The number of hydrogen-bond acceptors (Lipinski definition) is 8. The van der Waals surface area contributed by atoms with E-state index in [1.807, 2.05) is 42.7 Å². The number of likely N-dealkylation sites (tertiary alicyclic amines) is 1. The van der Waals surface area contributed by atoms with Gasteiger partial charge in [-0.3, -0.25) is 4.90 Å². The predicted octanol–water partition coefficient (Wildman–Crippen LogP) is 6.49. The Morgan fingerprint density at radius 3 is 2.33 bits per heavy atom. The number of anilines is 2. The highest BCUT2D eigenvalue weighted by Crippen LogP contribution is 2.34. The number of benzene rings is 2. The number of aromatic nitrogens is 4. The minimum atomic E-state index is 0.319. The maximum absolute atomic E-state index is 6.17. The molecule has 43 heavy (non-hydrogen) atoms. The summed E-state index contributed by atoms with van der Waals surface area (Å²) in [5.41, 5.74) is 9.28.